The van der Waals surface area contributed by atoms with Gasteiger partial charge in [-0.25, -0.2) is 19.9 Å². The molecular weight excluding hydrogens is 510 g/mol. The van der Waals surface area contributed by atoms with Crippen molar-refractivity contribution in [2.75, 3.05) is 0 Å². The minimum absolute atomic E-state index is 0.708. The van der Waals surface area contributed by atoms with Crippen molar-refractivity contribution in [2.45, 2.75) is 0 Å². The van der Waals surface area contributed by atoms with Crippen molar-refractivity contribution in [1.29, 1.82) is 0 Å². The lowest BCUT2D eigenvalue weighted by Crippen LogP contribution is -1.96. The lowest BCUT2D eigenvalue weighted by Gasteiger charge is -2.12. The van der Waals surface area contributed by atoms with Crippen molar-refractivity contribution in [3.8, 4) is 22.8 Å². The van der Waals surface area contributed by atoms with Gasteiger partial charge in [0.2, 0.25) is 0 Å². The first kappa shape index (κ1) is 22.0. The maximum atomic E-state index is 6.42. The SMILES string of the molecule is c1ccc(-c2ccc3c4ccc(Oc5ccc6c(c5)c5nccn5c5nccnc65)cc4c4nccn4c3n2)cc1. The molecule has 41 heavy (non-hydrogen) atoms. The van der Waals surface area contributed by atoms with E-state index in [-0.39, 0.29) is 0 Å². The van der Waals surface area contributed by atoms with Gasteiger partial charge in [-0.2, -0.15) is 0 Å². The molecule has 0 saturated heterocycles. The lowest BCUT2D eigenvalue weighted by atomic mass is 10.1. The zero-order valence-electron chi connectivity index (χ0n) is 21.5. The molecule has 0 atom stereocenters. The smallest absolute Gasteiger partial charge is 0.165 e. The number of aromatic nitrogens is 7. The van der Waals surface area contributed by atoms with Crippen LogP contribution in [0.5, 0.6) is 11.5 Å². The van der Waals surface area contributed by atoms with Gasteiger partial charge in [0.05, 0.1) is 5.69 Å². The molecule has 192 valence electrons. The molecule has 0 spiro atoms. The zero-order chi connectivity index (χ0) is 26.9. The van der Waals surface area contributed by atoms with E-state index >= 15 is 0 Å². The standard InChI is InChI=1S/C33H19N7O/c1-2-4-20(5-3-1)28-11-10-25-23-8-6-21(18-26(23)30-36-14-16-39(30)32(25)38-28)41-22-7-9-24-27(19-22)31-37-15-17-40(31)33-29(24)34-12-13-35-33/h1-19H. The molecule has 0 aliphatic heterocycles. The molecule has 0 N–H and O–H groups in total. The van der Waals surface area contributed by atoms with Crippen LogP contribution in [0.1, 0.15) is 0 Å². The van der Waals surface area contributed by atoms with Crippen molar-refractivity contribution in [3.05, 3.63) is 116 Å². The van der Waals surface area contributed by atoms with Crippen LogP contribution in [0, 0.1) is 0 Å². The maximum absolute atomic E-state index is 6.42. The van der Waals surface area contributed by atoms with Gasteiger partial charge in [-0.15, -0.1) is 0 Å². The van der Waals surface area contributed by atoms with Crippen LogP contribution >= 0.6 is 0 Å². The van der Waals surface area contributed by atoms with Gasteiger partial charge in [-0.3, -0.25) is 13.8 Å². The summed E-state index contributed by atoms with van der Waals surface area (Å²) in [6.07, 6.45) is 10.9. The molecule has 0 amide bonds. The molecule has 3 aromatic carbocycles. The molecule has 0 fully saturated rings. The van der Waals surface area contributed by atoms with Gasteiger partial charge in [-0.1, -0.05) is 30.3 Å². The van der Waals surface area contributed by atoms with Gasteiger partial charge >= 0.3 is 0 Å². The van der Waals surface area contributed by atoms with E-state index < -0.39 is 0 Å². The number of imidazole rings is 2. The number of hydrogen-bond acceptors (Lipinski definition) is 6. The normalized spacial score (nSPS) is 11.9. The number of nitrogens with zero attached hydrogens (tertiary/aromatic N) is 7. The third kappa shape index (κ3) is 3.24. The van der Waals surface area contributed by atoms with Gasteiger partial charge in [-0.05, 0) is 53.9 Å². The summed E-state index contributed by atoms with van der Waals surface area (Å²) >= 11 is 0. The monoisotopic (exact) mass is 529 g/mol. The van der Waals surface area contributed by atoms with E-state index in [1.165, 1.54) is 0 Å². The predicted molar refractivity (Wildman–Crippen MR) is 159 cm³/mol. The Hall–Kier alpha value is -5.89. The Morgan fingerprint density at radius 1 is 0.488 bits per heavy atom. The second-order valence-corrected chi connectivity index (χ2v) is 9.92. The number of rotatable bonds is 3. The van der Waals surface area contributed by atoms with E-state index in [9.17, 15) is 0 Å². The summed E-state index contributed by atoms with van der Waals surface area (Å²) in [5.41, 5.74) is 6.11. The molecule has 8 nitrogen and oxygen atoms in total. The number of ether oxygens (including phenoxy) is 1. The molecule has 9 aromatic rings. The van der Waals surface area contributed by atoms with E-state index in [1.807, 2.05) is 75.9 Å². The first-order valence-electron chi connectivity index (χ1n) is 13.2. The highest BCUT2D eigenvalue weighted by atomic mass is 16.5. The van der Waals surface area contributed by atoms with E-state index in [0.717, 1.165) is 72.0 Å². The summed E-state index contributed by atoms with van der Waals surface area (Å²) in [5, 5.41) is 5.04. The molecule has 0 aliphatic carbocycles. The van der Waals surface area contributed by atoms with Crippen LogP contribution in [0.15, 0.2) is 116 Å². The summed E-state index contributed by atoms with van der Waals surface area (Å²) in [6.45, 7) is 0. The first-order chi connectivity index (χ1) is 20.3. The fourth-order valence-corrected chi connectivity index (χ4v) is 5.78. The van der Waals surface area contributed by atoms with Crippen LogP contribution in [0.3, 0.4) is 0 Å². The Bertz CT molecular complexity index is 2460. The Kier molecular flexibility index (Phi) is 4.45. The Labute approximate surface area is 232 Å². The minimum atomic E-state index is 0.708. The van der Waals surface area contributed by atoms with Gasteiger partial charge in [0.25, 0.3) is 0 Å². The predicted octanol–water partition coefficient (Wildman–Crippen LogP) is 7.24. The van der Waals surface area contributed by atoms with Crippen LogP contribution < -0.4 is 4.74 Å². The van der Waals surface area contributed by atoms with E-state index in [1.54, 1.807) is 18.6 Å². The third-order valence-corrected chi connectivity index (χ3v) is 7.61. The van der Waals surface area contributed by atoms with Crippen LogP contribution in [-0.2, 0) is 0 Å². The summed E-state index contributed by atoms with van der Waals surface area (Å²) in [7, 11) is 0. The van der Waals surface area contributed by atoms with Crippen molar-refractivity contribution in [2.24, 2.45) is 0 Å². The van der Waals surface area contributed by atoms with Crippen molar-refractivity contribution >= 4 is 55.0 Å². The number of benzene rings is 3. The lowest BCUT2D eigenvalue weighted by molar-refractivity contribution is 0.484. The highest BCUT2D eigenvalue weighted by Gasteiger charge is 2.15. The van der Waals surface area contributed by atoms with Crippen molar-refractivity contribution in [1.82, 2.24) is 33.7 Å². The van der Waals surface area contributed by atoms with Gasteiger partial charge in [0, 0.05) is 64.3 Å². The highest BCUT2D eigenvalue weighted by Crippen LogP contribution is 2.35. The highest BCUT2D eigenvalue weighted by molar-refractivity contribution is 6.12. The maximum Gasteiger partial charge on any atom is 0.165 e. The van der Waals surface area contributed by atoms with E-state index in [0.29, 0.717) is 5.75 Å². The second-order valence-electron chi connectivity index (χ2n) is 9.92. The van der Waals surface area contributed by atoms with Gasteiger partial charge in [0.1, 0.15) is 34.0 Å². The largest absolute Gasteiger partial charge is 0.457 e. The molecule has 8 heteroatoms. The first-order valence-corrected chi connectivity index (χ1v) is 13.2. The molecule has 0 radical (unpaired) electrons. The average molecular weight is 530 g/mol. The van der Waals surface area contributed by atoms with E-state index in [4.69, 9.17) is 9.72 Å². The number of hydrogen-bond donors (Lipinski definition) is 0. The molecule has 0 bridgehead atoms. The molecule has 6 heterocycles. The molecule has 9 rings (SSSR count). The van der Waals surface area contributed by atoms with Crippen LogP contribution in [0.2, 0.25) is 0 Å². The van der Waals surface area contributed by atoms with Crippen LogP contribution in [0.4, 0.5) is 0 Å². The fraction of sp³-hybridized carbons (Fsp3) is 0. The van der Waals surface area contributed by atoms with Gasteiger partial charge in [0.15, 0.2) is 5.65 Å². The molecular formula is C33H19N7O. The molecule has 6 aromatic heterocycles. The Morgan fingerprint density at radius 3 is 1.90 bits per heavy atom. The average Bonchev–Trinajstić information content (AvgIpc) is 3.73. The Morgan fingerprint density at radius 2 is 1.12 bits per heavy atom. The Balaban J connectivity index is 1.18. The van der Waals surface area contributed by atoms with Crippen LogP contribution in [0.25, 0.3) is 66.3 Å². The zero-order valence-corrected chi connectivity index (χ0v) is 21.5. The fourth-order valence-electron chi connectivity index (χ4n) is 5.78. The topological polar surface area (TPSA) is 82.5 Å². The van der Waals surface area contributed by atoms with E-state index in [2.05, 4.69) is 50.3 Å². The van der Waals surface area contributed by atoms with Crippen molar-refractivity contribution < 1.29 is 4.74 Å². The van der Waals surface area contributed by atoms with Crippen LogP contribution in [-0.4, -0.2) is 33.7 Å². The van der Waals surface area contributed by atoms with Crippen molar-refractivity contribution in [3.63, 3.8) is 0 Å². The summed E-state index contributed by atoms with van der Waals surface area (Å²) in [5.74, 6) is 1.43. The third-order valence-electron chi connectivity index (χ3n) is 7.61. The molecule has 0 unspecified atom stereocenters. The quantitative estimate of drug-likeness (QED) is 0.224. The summed E-state index contributed by atoms with van der Waals surface area (Å²) < 4.78 is 10.4. The minimum Gasteiger partial charge on any atom is -0.457 e. The summed E-state index contributed by atoms with van der Waals surface area (Å²) in [6, 6.07) is 26.5. The second kappa shape index (κ2) is 8.30. The number of pyridine rings is 3. The van der Waals surface area contributed by atoms with Gasteiger partial charge < -0.3 is 4.74 Å². The summed E-state index contributed by atoms with van der Waals surface area (Å²) in [4.78, 5) is 23.4. The molecule has 0 aliphatic rings. The molecule has 0 saturated carbocycles. The number of fused-ring (bicyclic) bond motifs is 12.